The number of amides is 2. The maximum Gasteiger partial charge on any atom is 0.318 e. The third-order valence-electron chi connectivity index (χ3n) is 4.85. The number of nitrogens with one attached hydrogen (secondary N) is 2. The quantitative estimate of drug-likeness (QED) is 0.726. The molecule has 1 saturated heterocycles. The molecule has 1 aromatic heterocycles. The van der Waals surface area contributed by atoms with Gasteiger partial charge < -0.3 is 15.2 Å². The van der Waals surface area contributed by atoms with Gasteiger partial charge in [0.25, 0.3) is 0 Å². The Morgan fingerprint density at radius 1 is 1.26 bits per heavy atom. The molecule has 1 aliphatic heterocycles. The summed E-state index contributed by atoms with van der Waals surface area (Å²) in [6.07, 6.45) is 1.70. The van der Waals surface area contributed by atoms with Gasteiger partial charge in [-0.25, -0.2) is 18.6 Å². The molecule has 2 heterocycles. The zero-order valence-corrected chi connectivity index (χ0v) is 14.9. The maximum absolute atomic E-state index is 13.3. The molecular weight excluding hydrogens is 350 g/mol. The third kappa shape index (κ3) is 3.63. The number of nitrogens with zero attached hydrogens (tertiary/aromatic N) is 2. The van der Waals surface area contributed by atoms with Crippen molar-refractivity contribution in [3.05, 3.63) is 65.0 Å². The van der Waals surface area contributed by atoms with Gasteiger partial charge >= 0.3 is 6.03 Å². The van der Waals surface area contributed by atoms with Crippen LogP contribution in [0.3, 0.4) is 0 Å². The van der Waals surface area contributed by atoms with Crippen molar-refractivity contribution in [3.8, 4) is 0 Å². The molecule has 4 rings (SSSR count). The number of urea groups is 1. The highest BCUT2D eigenvalue weighted by Gasteiger charge is 2.32. The number of halogens is 2. The normalized spacial score (nSPS) is 16.9. The Morgan fingerprint density at radius 3 is 2.81 bits per heavy atom. The molecule has 1 unspecified atom stereocenters. The first-order chi connectivity index (χ1) is 13.0. The van der Waals surface area contributed by atoms with Crippen LogP contribution < -0.4 is 5.32 Å². The molecule has 0 saturated carbocycles. The first-order valence-corrected chi connectivity index (χ1v) is 8.95. The van der Waals surface area contributed by atoms with Crippen LogP contribution in [0.1, 0.15) is 35.8 Å². The molecule has 2 aromatic carbocycles. The van der Waals surface area contributed by atoms with Crippen LogP contribution in [0.15, 0.2) is 36.4 Å². The van der Waals surface area contributed by atoms with Crippen molar-refractivity contribution in [2.45, 2.75) is 32.4 Å². The van der Waals surface area contributed by atoms with Crippen molar-refractivity contribution in [3.63, 3.8) is 0 Å². The Kier molecular flexibility index (Phi) is 4.51. The van der Waals surface area contributed by atoms with Crippen molar-refractivity contribution >= 4 is 17.1 Å². The van der Waals surface area contributed by atoms with Gasteiger partial charge in [-0.2, -0.15) is 0 Å². The third-order valence-corrected chi connectivity index (χ3v) is 4.85. The molecule has 1 atom stereocenters. The summed E-state index contributed by atoms with van der Waals surface area (Å²) >= 11 is 0. The Bertz CT molecular complexity index is 981. The van der Waals surface area contributed by atoms with E-state index in [2.05, 4.69) is 15.3 Å². The monoisotopic (exact) mass is 370 g/mol. The summed E-state index contributed by atoms with van der Waals surface area (Å²) in [5.74, 6) is -0.549. The molecule has 0 bridgehead atoms. The van der Waals surface area contributed by atoms with E-state index in [0.29, 0.717) is 12.1 Å². The lowest BCUT2D eigenvalue weighted by atomic mass is 10.2. The molecule has 140 valence electrons. The van der Waals surface area contributed by atoms with E-state index in [1.807, 2.05) is 25.1 Å². The number of aryl methyl sites for hydroxylation is 1. The number of imidazole rings is 1. The number of fused-ring (bicyclic) bond motifs is 1. The van der Waals surface area contributed by atoms with E-state index in [0.717, 1.165) is 41.3 Å². The second-order valence-corrected chi connectivity index (χ2v) is 6.93. The van der Waals surface area contributed by atoms with Gasteiger partial charge in [0.05, 0.1) is 17.1 Å². The second-order valence-electron chi connectivity index (χ2n) is 6.93. The Balaban J connectivity index is 1.49. The predicted molar refractivity (Wildman–Crippen MR) is 98.1 cm³/mol. The molecule has 1 fully saturated rings. The van der Waals surface area contributed by atoms with Gasteiger partial charge in [0.2, 0.25) is 0 Å². The highest BCUT2D eigenvalue weighted by Crippen LogP contribution is 2.31. The van der Waals surface area contributed by atoms with Gasteiger partial charge in [0.15, 0.2) is 0 Å². The number of hydrogen-bond acceptors (Lipinski definition) is 2. The number of likely N-dealkylation sites (tertiary alicyclic amines) is 1. The van der Waals surface area contributed by atoms with Gasteiger partial charge in [-0.3, -0.25) is 0 Å². The first kappa shape index (κ1) is 17.5. The zero-order chi connectivity index (χ0) is 19.0. The lowest BCUT2D eigenvalue weighted by Crippen LogP contribution is -2.39. The number of hydrogen-bond donors (Lipinski definition) is 2. The largest absolute Gasteiger partial charge is 0.340 e. The second kappa shape index (κ2) is 6.98. The summed E-state index contributed by atoms with van der Waals surface area (Å²) in [6, 6.07) is 8.83. The van der Waals surface area contributed by atoms with E-state index in [1.54, 1.807) is 4.90 Å². The number of benzene rings is 2. The minimum Gasteiger partial charge on any atom is -0.340 e. The summed E-state index contributed by atoms with van der Waals surface area (Å²) < 4.78 is 26.6. The van der Waals surface area contributed by atoms with Crippen LogP contribution in [0.4, 0.5) is 13.6 Å². The smallest absolute Gasteiger partial charge is 0.318 e. The van der Waals surface area contributed by atoms with E-state index >= 15 is 0 Å². The molecule has 0 radical (unpaired) electrons. The van der Waals surface area contributed by atoms with Crippen LogP contribution in [-0.2, 0) is 6.54 Å². The van der Waals surface area contributed by atoms with Crippen LogP contribution >= 0.6 is 0 Å². The lowest BCUT2D eigenvalue weighted by molar-refractivity contribution is 0.190. The van der Waals surface area contributed by atoms with Crippen molar-refractivity contribution < 1.29 is 13.6 Å². The fourth-order valence-corrected chi connectivity index (χ4v) is 3.59. The molecular formula is C20H20F2N4O. The number of carbonyl (C=O) groups excluding carboxylic acids is 1. The van der Waals surface area contributed by atoms with Crippen LogP contribution in [0.25, 0.3) is 11.0 Å². The van der Waals surface area contributed by atoms with E-state index in [1.165, 1.54) is 12.1 Å². The summed E-state index contributed by atoms with van der Waals surface area (Å²) in [6.45, 7) is 2.70. The summed E-state index contributed by atoms with van der Waals surface area (Å²) in [7, 11) is 0. The average molecular weight is 370 g/mol. The number of aromatic amines is 1. The summed E-state index contributed by atoms with van der Waals surface area (Å²) in [4.78, 5) is 22.3. The van der Waals surface area contributed by atoms with Crippen LogP contribution in [0.2, 0.25) is 0 Å². The van der Waals surface area contributed by atoms with Crippen molar-refractivity contribution in [2.75, 3.05) is 6.54 Å². The minimum atomic E-state index is -0.657. The van der Waals surface area contributed by atoms with Gasteiger partial charge in [0, 0.05) is 19.2 Å². The molecule has 2 N–H and O–H groups in total. The van der Waals surface area contributed by atoms with Crippen LogP contribution in [0, 0.1) is 18.6 Å². The lowest BCUT2D eigenvalue weighted by Gasteiger charge is -2.23. The number of rotatable bonds is 3. The molecule has 1 aliphatic rings. The Morgan fingerprint density at radius 2 is 2.04 bits per heavy atom. The van der Waals surface area contributed by atoms with E-state index in [9.17, 15) is 13.6 Å². The molecule has 27 heavy (non-hydrogen) atoms. The highest BCUT2D eigenvalue weighted by atomic mass is 19.1. The Labute approximate surface area is 155 Å². The molecule has 5 nitrogen and oxygen atoms in total. The summed E-state index contributed by atoms with van der Waals surface area (Å²) in [5, 5.41) is 2.75. The fraction of sp³-hybridized carbons (Fsp3) is 0.300. The maximum atomic E-state index is 13.3. The molecule has 0 spiro atoms. The SMILES string of the molecule is Cc1ccc2nc(C3CCCN3C(=O)NCc3cc(F)cc(F)c3)[nH]c2c1. The Hall–Kier alpha value is -2.96. The van der Waals surface area contributed by atoms with Gasteiger partial charge in [-0.1, -0.05) is 6.07 Å². The number of aromatic nitrogens is 2. The molecule has 3 aromatic rings. The number of carbonyl (C=O) groups is 1. The minimum absolute atomic E-state index is 0.0655. The van der Waals surface area contributed by atoms with Crippen LogP contribution in [-0.4, -0.2) is 27.4 Å². The highest BCUT2D eigenvalue weighted by molar-refractivity contribution is 5.77. The molecule has 2 amide bonds. The van der Waals surface area contributed by atoms with Gasteiger partial charge in [-0.15, -0.1) is 0 Å². The van der Waals surface area contributed by atoms with Crippen molar-refractivity contribution in [1.82, 2.24) is 20.2 Å². The molecule has 7 heteroatoms. The standard InChI is InChI=1S/C20H20F2N4O/c1-12-4-5-16-17(7-12)25-19(24-16)18-3-2-6-26(18)20(27)23-11-13-8-14(21)10-15(22)9-13/h4-5,7-10,18H,2-3,6,11H2,1H3,(H,23,27)(H,24,25). The van der Waals surface area contributed by atoms with Crippen molar-refractivity contribution in [1.29, 1.82) is 0 Å². The van der Waals surface area contributed by atoms with E-state index in [-0.39, 0.29) is 18.6 Å². The van der Waals surface area contributed by atoms with Gasteiger partial charge in [-0.05, 0) is 55.2 Å². The zero-order valence-electron chi connectivity index (χ0n) is 14.9. The van der Waals surface area contributed by atoms with Crippen LogP contribution in [0.5, 0.6) is 0 Å². The number of H-pyrrole nitrogens is 1. The average Bonchev–Trinajstić information content (AvgIpc) is 3.24. The molecule has 0 aliphatic carbocycles. The summed E-state index contributed by atoms with van der Waals surface area (Å²) in [5.41, 5.74) is 3.35. The fourth-order valence-electron chi connectivity index (χ4n) is 3.59. The van der Waals surface area contributed by atoms with E-state index in [4.69, 9.17) is 0 Å². The van der Waals surface area contributed by atoms with Crippen molar-refractivity contribution in [2.24, 2.45) is 0 Å². The first-order valence-electron chi connectivity index (χ1n) is 8.95. The van der Waals surface area contributed by atoms with Gasteiger partial charge in [0.1, 0.15) is 17.5 Å². The topological polar surface area (TPSA) is 61.0 Å². The predicted octanol–water partition coefficient (Wildman–Crippen LogP) is 4.20. The van der Waals surface area contributed by atoms with E-state index < -0.39 is 11.6 Å².